The molecule has 0 atom stereocenters. The minimum absolute atomic E-state index is 0.0672. The summed E-state index contributed by atoms with van der Waals surface area (Å²) in [5.74, 6) is -0.301. The number of hydrogen-bond donors (Lipinski definition) is 0. The number of fused-ring (bicyclic) bond motifs is 1. The standard InChI is InChI=1S/C17H15ClN4O3S/c18-11-3-4-14-19-13(8-21(14)7-11)9-25-16(24)6-12-10-26-17(20-12)22-5-1-2-15(22)23/h3-4,7-8,10H,1-2,5-6,9H2. The Morgan fingerprint density at radius 1 is 1.27 bits per heavy atom. The number of aromatic nitrogens is 3. The van der Waals surface area contributed by atoms with Crippen molar-refractivity contribution in [1.82, 2.24) is 14.4 Å². The molecule has 1 fully saturated rings. The van der Waals surface area contributed by atoms with Crippen LogP contribution in [0.25, 0.3) is 5.65 Å². The monoisotopic (exact) mass is 390 g/mol. The number of nitrogens with zero attached hydrogens (tertiary/aromatic N) is 4. The van der Waals surface area contributed by atoms with E-state index in [0.717, 1.165) is 12.1 Å². The van der Waals surface area contributed by atoms with Crippen LogP contribution in [-0.2, 0) is 27.4 Å². The lowest BCUT2D eigenvalue weighted by atomic mass is 10.3. The molecule has 0 aromatic carbocycles. The SMILES string of the molecule is O=C(Cc1csc(N2CCCC2=O)n1)OCc1cn2cc(Cl)ccc2n1. The van der Waals surface area contributed by atoms with E-state index in [1.54, 1.807) is 39.2 Å². The van der Waals surface area contributed by atoms with Crippen LogP contribution < -0.4 is 4.90 Å². The molecule has 3 aromatic heterocycles. The number of thiazole rings is 1. The first-order valence-corrected chi connectivity index (χ1v) is 9.38. The molecule has 4 rings (SSSR count). The van der Waals surface area contributed by atoms with Crippen LogP contribution in [0.15, 0.2) is 29.9 Å². The van der Waals surface area contributed by atoms with Crippen LogP contribution in [0.1, 0.15) is 24.2 Å². The van der Waals surface area contributed by atoms with E-state index in [1.807, 2.05) is 0 Å². The average Bonchev–Trinajstić information content (AvgIpc) is 3.32. The fourth-order valence-corrected chi connectivity index (χ4v) is 3.83. The lowest BCUT2D eigenvalue weighted by Gasteiger charge is -2.10. The number of ether oxygens (including phenoxy) is 1. The fraction of sp³-hybridized carbons (Fsp3) is 0.294. The largest absolute Gasteiger partial charge is 0.459 e. The zero-order valence-corrected chi connectivity index (χ0v) is 15.3. The Bertz CT molecular complexity index is 983. The van der Waals surface area contributed by atoms with Gasteiger partial charge in [0.15, 0.2) is 5.13 Å². The van der Waals surface area contributed by atoms with Crippen LogP contribution in [0.3, 0.4) is 0 Å². The van der Waals surface area contributed by atoms with Crippen molar-refractivity contribution in [3.63, 3.8) is 0 Å². The Balaban J connectivity index is 1.35. The number of carbonyl (C=O) groups excluding carboxylic acids is 2. The van der Waals surface area contributed by atoms with E-state index in [-0.39, 0.29) is 24.9 Å². The number of esters is 1. The van der Waals surface area contributed by atoms with E-state index in [0.29, 0.717) is 34.5 Å². The zero-order chi connectivity index (χ0) is 18.1. The summed E-state index contributed by atoms with van der Waals surface area (Å²) in [5, 5.41) is 3.04. The van der Waals surface area contributed by atoms with Gasteiger partial charge in [-0.15, -0.1) is 11.3 Å². The topological polar surface area (TPSA) is 76.8 Å². The van der Waals surface area contributed by atoms with Gasteiger partial charge in [-0.3, -0.25) is 14.5 Å². The molecular formula is C17H15ClN4O3S. The molecule has 0 spiro atoms. The maximum atomic E-state index is 12.1. The maximum absolute atomic E-state index is 12.1. The molecule has 0 N–H and O–H groups in total. The summed E-state index contributed by atoms with van der Waals surface area (Å²) in [6.07, 6.45) is 4.99. The predicted octanol–water partition coefficient (Wildman–Crippen LogP) is 2.86. The first-order valence-electron chi connectivity index (χ1n) is 8.12. The van der Waals surface area contributed by atoms with Gasteiger partial charge in [-0.25, -0.2) is 9.97 Å². The van der Waals surface area contributed by atoms with E-state index < -0.39 is 0 Å². The highest BCUT2D eigenvalue weighted by atomic mass is 35.5. The third kappa shape index (κ3) is 3.56. The summed E-state index contributed by atoms with van der Waals surface area (Å²) in [5.41, 5.74) is 1.98. The minimum Gasteiger partial charge on any atom is -0.459 e. The lowest BCUT2D eigenvalue weighted by Crippen LogP contribution is -2.23. The van der Waals surface area contributed by atoms with E-state index >= 15 is 0 Å². The quantitative estimate of drug-likeness (QED) is 0.626. The normalized spacial score (nSPS) is 14.3. The first-order chi connectivity index (χ1) is 12.6. The van der Waals surface area contributed by atoms with Gasteiger partial charge in [0.25, 0.3) is 0 Å². The first kappa shape index (κ1) is 17.0. The number of pyridine rings is 1. The molecule has 0 radical (unpaired) electrons. The Morgan fingerprint density at radius 3 is 2.96 bits per heavy atom. The molecule has 0 saturated carbocycles. The van der Waals surface area contributed by atoms with Crippen LogP contribution in [0.5, 0.6) is 0 Å². The molecule has 26 heavy (non-hydrogen) atoms. The molecule has 7 nitrogen and oxygen atoms in total. The summed E-state index contributed by atoms with van der Waals surface area (Å²) in [6, 6.07) is 3.55. The van der Waals surface area contributed by atoms with Crippen molar-refractivity contribution in [2.24, 2.45) is 0 Å². The lowest BCUT2D eigenvalue weighted by molar-refractivity contribution is -0.144. The van der Waals surface area contributed by atoms with E-state index in [1.165, 1.54) is 11.3 Å². The highest BCUT2D eigenvalue weighted by Crippen LogP contribution is 2.25. The number of anilines is 1. The summed E-state index contributed by atoms with van der Waals surface area (Å²) in [4.78, 5) is 34.2. The van der Waals surface area contributed by atoms with Gasteiger partial charge in [0.1, 0.15) is 12.3 Å². The van der Waals surface area contributed by atoms with Crippen LogP contribution in [0.2, 0.25) is 5.02 Å². The Kier molecular flexibility index (Phi) is 4.60. The molecule has 1 aliphatic rings. The van der Waals surface area contributed by atoms with Crippen LogP contribution in [-0.4, -0.2) is 32.8 Å². The summed E-state index contributed by atoms with van der Waals surface area (Å²) in [7, 11) is 0. The zero-order valence-electron chi connectivity index (χ0n) is 13.7. The van der Waals surface area contributed by atoms with Gasteiger partial charge in [-0.2, -0.15) is 0 Å². The van der Waals surface area contributed by atoms with Gasteiger partial charge >= 0.3 is 5.97 Å². The number of rotatable bonds is 5. The van der Waals surface area contributed by atoms with Crippen molar-refractivity contribution in [3.05, 3.63) is 46.3 Å². The van der Waals surface area contributed by atoms with Crippen LogP contribution >= 0.6 is 22.9 Å². The second-order valence-electron chi connectivity index (χ2n) is 5.95. The smallest absolute Gasteiger partial charge is 0.312 e. The van der Waals surface area contributed by atoms with E-state index in [9.17, 15) is 9.59 Å². The van der Waals surface area contributed by atoms with Gasteiger partial charge in [-0.1, -0.05) is 11.6 Å². The molecule has 1 aliphatic heterocycles. The number of amides is 1. The molecule has 0 bridgehead atoms. The average molecular weight is 391 g/mol. The molecule has 1 saturated heterocycles. The molecule has 3 aromatic rings. The number of hydrogen-bond acceptors (Lipinski definition) is 6. The fourth-order valence-electron chi connectivity index (χ4n) is 2.79. The van der Waals surface area contributed by atoms with Crippen molar-refractivity contribution in [3.8, 4) is 0 Å². The van der Waals surface area contributed by atoms with Gasteiger partial charge in [0.2, 0.25) is 5.91 Å². The summed E-state index contributed by atoms with van der Waals surface area (Å²) in [6.45, 7) is 0.772. The predicted molar refractivity (Wildman–Crippen MR) is 97.4 cm³/mol. The van der Waals surface area contributed by atoms with Gasteiger partial charge in [-0.05, 0) is 18.6 Å². The maximum Gasteiger partial charge on any atom is 0.312 e. The summed E-state index contributed by atoms with van der Waals surface area (Å²) < 4.78 is 7.07. The number of carbonyl (C=O) groups is 2. The Morgan fingerprint density at radius 2 is 2.15 bits per heavy atom. The Hall–Kier alpha value is -2.45. The van der Waals surface area contributed by atoms with E-state index in [4.69, 9.17) is 16.3 Å². The molecule has 1 amide bonds. The van der Waals surface area contributed by atoms with Crippen LogP contribution in [0, 0.1) is 0 Å². The minimum atomic E-state index is -0.385. The van der Waals surface area contributed by atoms with Crippen LogP contribution in [0.4, 0.5) is 5.13 Å². The van der Waals surface area contributed by atoms with E-state index in [2.05, 4.69) is 9.97 Å². The van der Waals surface area contributed by atoms with Crippen molar-refractivity contribution >= 4 is 45.6 Å². The second-order valence-corrected chi connectivity index (χ2v) is 7.23. The highest BCUT2D eigenvalue weighted by molar-refractivity contribution is 7.14. The molecule has 9 heteroatoms. The number of imidazole rings is 1. The molecular weight excluding hydrogens is 376 g/mol. The Labute approximate surface area is 158 Å². The van der Waals surface area contributed by atoms with Gasteiger partial charge < -0.3 is 9.14 Å². The third-order valence-corrected chi connectivity index (χ3v) is 5.15. The summed E-state index contributed by atoms with van der Waals surface area (Å²) >= 11 is 7.31. The second kappa shape index (κ2) is 7.05. The molecule has 4 heterocycles. The third-order valence-electron chi connectivity index (χ3n) is 4.02. The van der Waals surface area contributed by atoms with Crippen molar-refractivity contribution in [2.75, 3.05) is 11.4 Å². The van der Waals surface area contributed by atoms with Crippen molar-refractivity contribution in [2.45, 2.75) is 25.9 Å². The molecule has 0 aliphatic carbocycles. The molecule has 134 valence electrons. The van der Waals surface area contributed by atoms with Crippen molar-refractivity contribution < 1.29 is 14.3 Å². The number of halogens is 1. The van der Waals surface area contributed by atoms with Crippen molar-refractivity contribution in [1.29, 1.82) is 0 Å². The molecule has 0 unspecified atom stereocenters. The van der Waals surface area contributed by atoms with Gasteiger partial charge in [0, 0.05) is 30.7 Å². The highest BCUT2D eigenvalue weighted by Gasteiger charge is 2.24. The van der Waals surface area contributed by atoms with Gasteiger partial charge in [0.05, 0.1) is 22.8 Å².